The highest BCUT2D eigenvalue weighted by Gasteiger charge is 1.98. The lowest BCUT2D eigenvalue weighted by Crippen LogP contribution is -2.11. The maximum atomic E-state index is 10.5. The molecule has 0 aromatic carbocycles. The molecule has 0 radical (unpaired) electrons. The minimum absolute atomic E-state index is 0. The third-order valence-electron chi connectivity index (χ3n) is 1.17. The number of hydrogen-bond acceptors (Lipinski definition) is 3. The summed E-state index contributed by atoms with van der Waals surface area (Å²) in [7, 11) is 0. The molecule has 1 rings (SSSR count). The van der Waals surface area contributed by atoms with Crippen molar-refractivity contribution in [2.24, 2.45) is 10.8 Å². The first kappa shape index (κ1) is 10.4. The molecule has 1 heterocycles. The molecule has 0 aromatic heterocycles. The van der Waals surface area contributed by atoms with Crippen molar-refractivity contribution in [1.29, 1.82) is 0 Å². The van der Waals surface area contributed by atoms with Gasteiger partial charge in [0.15, 0.2) is 0 Å². The summed E-state index contributed by atoms with van der Waals surface area (Å²) in [6.45, 7) is 0. The van der Waals surface area contributed by atoms with Crippen LogP contribution in [0.2, 0.25) is 0 Å². The summed E-state index contributed by atoms with van der Waals surface area (Å²) in [6, 6.07) is 0. The van der Waals surface area contributed by atoms with Gasteiger partial charge in [-0.05, 0) is 11.6 Å². The molecule has 0 bridgehead atoms. The fourth-order valence-electron chi connectivity index (χ4n) is 0.732. The first-order chi connectivity index (χ1) is 5.29. The number of carbonyl (C=O) groups excluding carboxylic acids is 1. The molecule has 0 saturated heterocycles. The molecule has 0 aromatic rings. The van der Waals surface area contributed by atoms with E-state index >= 15 is 0 Å². The summed E-state index contributed by atoms with van der Waals surface area (Å²) < 4.78 is 0. The zero-order valence-corrected chi connectivity index (χ0v) is 6.45. The van der Waals surface area contributed by atoms with Crippen LogP contribution in [0.4, 0.5) is 0 Å². The van der Waals surface area contributed by atoms with Crippen molar-refractivity contribution in [3.8, 4) is 0 Å². The molecule has 5 N–H and O–H groups in total. The number of allylic oxidation sites excluding steroid dienone is 2. The smallest absolute Gasteiger partial charge is 0.221 e. The Morgan fingerprint density at radius 1 is 1.67 bits per heavy atom. The van der Waals surface area contributed by atoms with E-state index in [1.165, 1.54) is 0 Å². The Balaban J connectivity index is 0.00000121. The van der Waals surface area contributed by atoms with Gasteiger partial charge >= 0.3 is 0 Å². The summed E-state index contributed by atoms with van der Waals surface area (Å²) in [5.74, 6) is -0.343. The summed E-state index contributed by atoms with van der Waals surface area (Å²) in [6.07, 6.45) is 7.02. The lowest BCUT2D eigenvalue weighted by atomic mass is 10.2. The van der Waals surface area contributed by atoms with E-state index < -0.39 is 0 Å². The highest BCUT2D eigenvalue weighted by molar-refractivity contribution is 5.78. The lowest BCUT2D eigenvalue weighted by molar-refractivity contribution is -0.117. The molecule has 0 spiro atoms. The second-order valence-electron chi connectivity index (χ2n) is 2.13. The van der Waals surface area contributed by atoms with Crippen LogP contribution in [0.3, 0.4) is 0 Å². The number of hydrogen-bond donors (Lipinski definition) is 2. The molecule has 12 heavy (non-hydrogen) atoms. The van der Waals surface area contributed by atoms with Crippen molar-refractivity contribution < 1.29 is 10.3 Å². The van der Waals surface area contributed by atoms with Gasteiger partial charge < -0.3 is 11.2 Å². The first-order valence-corrected chi connectivity index (χ1v) is 3.21. The molecule has 1 aliphatic rings. The predicted molar refractivity (Wildman–Crippen MR) is 46.3 cm³/mol. The molecule has 66 valence electrons. The van der Waals surface area contributed by atoms with Gasteiger partial charge in [0.1, 0.15) is 0 Å². The SMILES string of the molecule is NC(=O)CC1=CNN=CC=C1.O. The number of carbonyl (C=O) groups is 1. The van der Waals surface area contributed by atoms with Crippen molar-refractivity contribution >= 4 is 12.1 Å². The summed E-state index contributed by atoms with van der Waals surface area (Å²) >= 11 is 0. The molecule has 0 aliphatic carbocycles. The van der Waals surface area contributed by atoms with Gasteiger partial charge in [-0.2, -0.15) is 5.10 Å². The van der Waals surface area contributed by atoms with E-state index in [0.717, 1.165) is 5.57 Å². The molecule has 1 amide bonds. The fourth-order valence-corrected chi connectivity index (χ4v) is 0.732. The Labute approximate surface area is 69.9 Å². The molecule has 0 saturated carbocycles. The number of nitrogens with two attached hydrogens (primary N) is 1. The van der Waals surface area contributed by atoms with Crippen LogP contribution in [0.25, 0.3) is 0 Å². The van der Waals surface area contributed by atoms with Crippen molar-refractivity contribution in [1.82, 2.24) is 5.43 Å². The van der Waals surface area contributed by atoms with Crippen molar-refractivity contribution in [3.63, 3.8) is 0 Å². The average Bonchev–Trinajstić information content (AvgIpc) is 2.14. The number of primary amides is 1. The van der Waals surface area contributed by atoms with Crippen LogP contribution in [0.5, 0.6) is 0 Å². The van der Waals surface area contributed by atoms with Gasteiger partial charge in [-0.15, -0.1) is 0 Å². The molecule has 5 heteroatoms. The van der Waals surface area contributed by atoms with Crippen molar-refractivity contribution in [3.05, 3.63) is 23.9 Å². The van der Waals surface area contributed by atoms with E-state index in [0.29, 0.717) is 0 Å². The van der Waals surface area contributed by atoms with Gasteiger partial charge in [0, 0.05) is 12.4 Å². The molecular weight excluding hydrogens is 158 g/mol. The summed E-state index contributed by atoms with van der Waals surface area (Å²) in [5, 5.41) is 3.74. The fraction of sp³-hybridized carbons (Fsp3) is 0.143. The zero-order chi connectivity index (χ0) is 8.10. The highest BCUT2D eigenvalue weighted by Crippen LogP contribution is 2.01. The van der Waals surface area contributed by atoms with Gasteiger partial charge in [-0.3, -0.25) is 10.2 Å². The Bertz CT molecular complexity index is 243. The Hall–Kier alpha value is -1.62. The van der Waals surface area contributed by atoms with Crippen LogP contribution in [-0.4, -0.2) is 17.6 Å². The number of hydrazone groups is 1. The maximum Gasteiger partial charge on any atom is 0.221 e. The third kappa shape index (κ3) is 3.52. The standard InChI is InChI=1S/C7H9N3O.H2O/c8-7(11)4-6-2-1-3-9-10-5-6;/h1-3,5,10H,4H2,(H2,8,11);1H2. The quantitative estimate of drug-likeness (QED) is 0.558. The van der Waals surface area contributed by atoms with Gasteiger partial charge in [0.05, 0.1) is 6.42 Å². The van der Waals surface area contributed by atoms with Crippen LogP contribution in [-0.2, 0) is 4.79 Å². The van der Waals surface area contributed by atoms with Crippen molar-refractivity contribution in [2.45, 2.75) is 6.42 Å². The second-order valence-corrected chi connectivity index (χ2v) is 2.13. The summed E-state index contributed by atoms with van der Waals surface area (Å²) in [4.78, 5) is 10.5. The molecular formula is C7H11N3O2. The second kappa shape index (κ2) is 5.09. The van der Waals surface area contributed by atoms with Crippen molar-refractivity contribution in [2.75, 3.05) is 0 Å². The average molecular weight is 169 g/mol. The summed E-state index contributed by atoms with van der Waals surface area (Å²) in [5.41, 5.74) is 8.46. The minimum Gasteiger partial charge on any atom is -0.412 e. The highest BCUT2D eigenvalue weighted by atomic mass is 16.1. The van der Waals surface area contributed by atoms with E-state index in [2.05, 4.69) is 10.5 Å². The van der Waals surface area contributed by atoms with Crippen LogP contribution < -0.4 is 11.2 Å². The number of nitrogens with zero attached hydrogens (tertiary/aromatic N) is 1. The van der Waals surface area contributed by atoms with E-state index in [-0.39, 0.29) is 17.8 Å². The first-order valence-electron chi connectivity index (χ1n) is 3.21. The monoisotopic (exact) mass is 169 g/mol. The zero-order valence-electron chi connectivity index (χ0n) is 6.45. The predicted octanol–water partition coefficient (Wildman–Crippen LogP) is -0.934. The molecule has 0 fully saturated rings. The minimum atomic E-state index is -0.343. The normalized spacial score (nSPS) is 13.8. The lowest BCUT2D eigenvalue weighted by Gasteiger charge is -1.95. The largest absolute Gasteiger partial charge is 0.412 e. The van der Waals surface area contributed by atoms with E-state index in [4.69, 9.17) is 5.73 Å². The molecule has 0 unspecified atom stereocenters. The van der Waals surface area contributed by atoms with Crippen LogP contribution in [0.1, 0.15) is 6.42 Å². The van der Waals surface area contributed by atoms with E-state index in [9.17, 15) is 4.79 Å². The molecule has 5 nitrogen and oxygen atoms in total. The van der Waals surface area contributed by atoms with Gasteiger partial charge in [0.2, 0.25) is 5.91 Å². The van der Waals surface area contributed by atoms with Crippen LogP contribution >= 0.6 is 0 Å². The Morgan fingerprint density at radius 2 is 2.42 bits per heavy atom. The van der Waals surface area contributed by atoms with Crippen LogP contribution in [0, 0.1) is 0 Å². The number of nitrogens with one attached hydrogen (secondary N) is 1. The Kier molecular flexibility index (Phi) is 4.40. The number of amides is 1. The van der Waals surface area contributed by atoms with E-state index in [1.807, 2.05) is 0 Å². The Morgan fingerprint density at radius 3 is 3.08 bits per heavy atom. The van der Waals surface area contributed by atoms with Gasteiger partial charge in [0.25, 0.3) is 0 Å². The molecule has 1 aliphatic heterocycles. The number of rotatable bonds is 2. The van der Waals surface area contributed by atoms with Crippen LogP contribution in [0.15, 0.2) is 29.0 Å². The van der Waals surface area contributed by atoms with Gasteiger partial charge in [-0.25, -0.2) is 0 Å². The maximum absolute atomic E-state index is 10.5. The third-order valence-corrected chi connectivity index (χ3v) is 1.17. The van der Waals surface area contributed by atoms with Gasteiger partial charge in [-0.1, -0.05) is 6.08 Å². The molecule has 0 atom stereocenters. The topological polar surface area (TPSA) is 99.0 Å². The van der Waals surface area contributed by atoms with E-state index in [1.54, 1.807) is 24.6 Å².